The molecule has 0 atom stereocenters. The number of halogens is 6. The fourth-order valence-electron chi connectivity index (χ4n) is 1.78. The molecule has 0 fully saturated rings. The average molecular weight is 303 g/mol. The summed E-state index contributed by atoms with van der Waals surface area (Å²) in [5.41, 5.74) is -7.52. The summed E-state index contributed by atoms with van der Waals surface area (Å²) < 4.78 is 77.5. The highest BCUT2D eigenvalue weighted by Gasteiger charge is 2.47. The van der Waals surface area contributed by atoms with Gasteiger partial charge in [0.2, 0.25) is 0 Å². The second-order valence-corrected chi connectivity index (χ2v) is 3.75. The second kappa shape index (κ2) is 5.34. The summed E-state index contributed by atoms with van der Waals surface area (Å²) in [6, 6.07) is 3.97. The van der Waals surface area contributed by atoms with Gasteiger partial charge in [0.05, 0.1) is 46.9 Å². The van der Waals surface area contributed by atoms with E-state index in [2.05, 4.69) is 0 Å². The summed E-state index contributed by atoms with van der Waals surface area (Å²) in [4.78, 5) is 0. The molecule has 0 N–H and O–H groups in total. The Morgan fingerprint density at radius 1 is 0.810 bits per heavy atom. The van der Waals surface area contributed by atoms with Crippen LogP contribution in [0.3, 0.4) is 0 Å². The Kier molecular flexibility index (Phi) is 4.15. The minimum absolute atomic E-state index is 0.407. The van der Waals surface area contributed by atoms with Crippen molar-refractivity contribution in [2.45, 2.75) is 18.8 Å². The first kappa shape index (κ1) is 16.3. The fraction of sp³-hybridized carbons (Fsp3) is 0.250. The Bertz CT molecular complexity index is 695. The molecule has 3 nitrogen and oxygen atoms in total. The molecule has 0 aliphatic rings. The van der Waals surface area contributed by atoms with Gasteiger partial charge in [-0.05, 0) is 11.6 Å². The highest BCUT2D eigenvalue weighted by molar-refractivity contribution is 5.57. The third kappa shape index (κ3) is 3.06. The summed E-state index contributed by atoms with van der Waals surface area (Å²) >= 11 is 0. The van der Waals surface area contributed by atoms with Crippen molar-refractivity contribution in [1.29, 1.82) is 15.8 Å². The summed E-state index contributed by atoms with van der Waals surface area (Å²) in [5.74, 6) is 0. The number of hydrogen-bond donors (Lipinski definition) is 0. The van der Waals surface area contributed by atoms with Crippen molar-refractivity contribution < 1.29 is 26.3 Å². The maximum Gasteiger partial charge on any atom is 0.418 e. The molecule has 0 heterocycles. The molecule has 1 aromatic rings. The van der Waals surface area contributed by atoms with Crippen molar-refractivity contribution in [1.82, 2.24) is 0 Å². The lowest BCUT2D eigenvalue weighted by Gasteiger charge is -2.20. The van der Waals surface area contributed by atoms with E-state index in [0.29, 0.717) is 6.07 Å². The average Bonchev–Trinajstić information content (AvgIpc) is 2.35. The minimum atomic E-state index is -5.46. The van der Waals surface area contributed by atoms with Crippen molar-refractivity contribution in [3.8, 4) is 18.2 Å². The van der Waals surface area contributed by atoms with Crippen LogP contribution in [0.25, 0.3) is 0 Å². The first-order valence-electron chi connectivity index (χ1n) is 5.09. The predicted molar refractivity (Wildman–Crippen MR) is 55.2 cm³/mol. The van der Waals surface area contributed by atoms with Gasteiger partial charge in [0.15, 0.2) is 0 Å². The van der Waals surface area contributed by atoms with E-state index in [1.165, 1.54) is 12.1 Å². The van der Waals surface area contributed by atoms with Crippen LogP contribution in [0.2, 0.25) is 0 Å². The smallest absolute Gasteiger partial charge is 0.198 e. The van der Waals surface area contributed by atoms with Crippen molar-refractivity contribution >= 4 is 0 Å². The van der Waals surface area contributed by atoms with Crippen LogP contribution in [0.1, 0.15) is 27.8 Å². The molecule has 0 saturated heterocycles. The lowest BCUT2D eigenvalue weighted by molar-refractivity contribution is -0.162. The fourth-order valence-corrected chi connectivity index (χ4v) is 1.78. The standard InChI is InChI=1S/C12H3F6N3/c13-11(14,15)9-7(5-21)3-6(4-20)8(1-2-19)10(9)12(16,17)18/h3H,1H2. The molecule has 0 saturated carbocycles. The van der Waals surface area contributed by atoms with Gasteiger partial charge in [-0.1, -0.05) is 0 Å². The van der Waals surface area contributed by atoms with Gasteiger partial charge < -0.3 is 0 Å². The van der Waals surface area contributed by atoms with E-state index in [1.807, 2.05) is 0 Å². The van der Waals surface area contributed by atoms with Crippen LogP contribution < -0.4 is 0 Å². The van der Waals surface area contributed by atoms with E-state index in [1.54, 1.807) is 0 Å². The van der Waals surface area contributed by atoms with Crippen molar-refractivity contribution in [3.05, 3.63) is 33.9 Å². The Morgan fingerprint density at radius 3 is 1.62 bits per heavy atom. The van der Waals surface area contributed by atoms with E-state index in [0.717, 1.165) is 6.07 Å². The van der Waals surface area contributed by atoms with E-state index in [9.17, 15) is 26.3 Å². The van der Waals surface area contributed by atoms with Crippen molar-refractivity contribution in [2.75, 3.05) is 0 Å². The zero-order chi connectivity index (χ0) is 16.4. The number of alkyl halides is 6. The maximum absolute atomic E-state index is 13.0. The van der Waals surface area contributed by atoms with Gasteiger partial charge in [-0.3, -0.25) is 0 Å². The predicted octanol–water partition coefficient (Wildman–Crippen LogP) is 3.53. The number of benzene rings is 1. The highest BCUT2D eigenvalue weighted by atomic mass is 19.4. The molecule has 0 bridgehead atoms. The second-order valence-electron chi connectivity index (χ2n) is 3.75. The number of nitriles is 3. The van der Waals surface area contributed by atoms with E-state index < -0.39 is 46.6 Å². The summed E-state index contributed by atoms with van der Waals surface area (Å²) in [7, 11) is 0. The lowest BCUT2D eigenvalue weighted by atomic mass is 9.90. The monoisotopic (exact) mass is 303 g/mol. The van der Waals surface area contributed by atoms with Crippen LogP contribution in [0.5, 0.6) is 0 Å². The summed E-state index contributed by atoms with van der Waals surface area (Å²) in [6.45, 7) is 0. The molecule has 0 amide bonds. The normalized spacial score (nSPS) is 11.4. The number of hydrogen-bond acceptors (Lipinski definition) is 3. The molecule has 0 aliphatic carbocycles. The highest BCUT2D eigenvalue weighted by Crippen LogP contribution is 2.44. The van der Waals surface area contributed by atoms with Crippen LogP contribution in [-0.4, -0.2) is 0 Å². The summed E-state index contributed by atoms with van der Waals surface area (Å²) in [5, 5.41) is 25.8. The molecule has 1 aromatic carbocycles. The van der Waals surface area contributed by atoms with Crippen LogP contribution in [-0.2, 0) is 18.8 Å². The Balaban J connectivity index is 4.05. The van der Waals surface area contributed by atoms with E-state index in [-0.39, 0.29) is 0 Å². The van der Waals surface area contributed by atoms with Crippen LogP contribution in [0.15, 0.2) is 6.07 Å². The minimum Gasteiger partial charge on any atom is -0.198 e. The topological polar surface area (TPSA) is 71.4 Å². The molecule has 0 aliphatic heterocycles. The molecule has 108 valence electrons. The number of rotatable bonds is 1. The molecule has 0 radical (unpaired) electrons. The molecule has 0 aromatic heterocycles. The van der Waals surface area contributed by atoms with Gasteiger partial charge in [-0.25, -0.2) is 0 Å². The van der Waals surface area contributed by atoms with Crippen LogP contribution >= 0.6 is 0 Å². The third-order valence-corrected chi connectivity index (χ3v) is 2.50. The molecule has 9 heteroatoms. The Hall–Kier alpha value is -2.73. The molecule has 21 heavy (non-hydrogen) atoms. The van der Waals surface area contributed by atoms with Gasteiger partial charge in [0.25, 0.3) is 0 Å². The Morgan fingerprint density at radius 2 is 1.29 bits per heavy atom. The van der Waals surface area contributed by atoms with Gasteiger partial charge in [0, 0.05) is 0 Å². The van der Waals surface area contributed by atoms with Gasteiger partial charge in [0.1, 0.15) is 0 Å². The lowest BCUT2D eigenvalue weighted by Crippen LogP contribution is -2.22. The third-order valence-electron chi connectivity index (χ3n) is 2.50. The quantitative estimate of drug-likeness (QED) is 0.745. The van der Waals surface area contributed by atoms with Gasteiger partial charge in [-0.15, -0.1) is 0 Å². The largest absolute Gasteiger partial charge is 0.418 e. The molecule has 0 spiro atoms. The summed E-state index contributed by atoms with van der Waals surface area (Å²) in [6.07, 6.45) is -11.9. The zero-order valence-electron chi connectivity index (χ0n) is 9.89. The number of nitrogens with zero attached hydrogens (tertiary/aromatic N) is 3. The van der Waals surface area contributed by atoms with Gasteiger partial charge >= 0.3 is 12.4 Å². The van der Waals surface area contributed by atoms with E-state index in [4.69, 9.17) is 15.8 Å². The van der Waals surface area contributed by atoms with Crippen LogP contribution in [0, 0.1) is 34.0 Å². The van der Waals surface area contributed by atoms with Crippen LogP contribution in [0.4, 0.5) is 26.3 Å². The maximum atomic E-state index is 13.0. The van der Waals surface area contributed by atoms with Crippen molar-refractivity contribution in [2.24, 2.45) is 0 Å². The van der Waals surface area contributed by atoms with Gasteiger partial charge in [-0.2, -0.15) is 42.1 Å². The Labute approximate surface area is 114 Å². The molecule has 0 unspecified atom stereocenters. The molecular formula is C12H3F6N3. The van der Waals surface area contributed by atoms with Crippen molar-refractivity contribution in [3.63, 3.8) is 0 Å². The first-order valence-corrected chi connectivity index (χ1v) is 5.09. The molecular weight excluding hydrogens is 300 g/mol. The van der Waals surface area contributed by atoms with E-state index >= 15 is 0 Å². The zero-order valence-corrected chi connectivity index (χ0v) is 9.89. The molecule has 1 rings (SSSR count). The SMILES string of the molecule is N#CCc1c(C#N)cc(C#N)c(C(F)(F)F)c1C(F)(F)F. The first-order chi connectivity index (χ1) is 9.57.